The first-order chi connectivity index (χ1) is 12.1. The van der Waals surface area contributed by atoms with E-state index in [9.17, 15) is 0 Å². The van der Waals surface area contributed by atoms with Crippen molar-refractivity contribution in [2.24, 2.45) is 5.92 Å². The highest BCUT2D eigenvalue weighted by molar-refractivity contribution is 5.43. The number of methoxy groups -OCH3 is 1. The largest absolute Gasteiger partial charge is 0.493 e. The fourth-order valence-corrected chi connectivity index (χ4v) is 2.45. The minimum atomic E-state index is 0.619. The minimum absolute atomic E-state index is 0.619. The second-order valence-electron chi connectivity index (χ2n) is 6.43. The third-order valence-electron chi connectivity index (χ3n) is 3.90. The van der Waals surface area contributed by atoms with Gasteiger partial charge in [0.05, 0.1) is 25.3 Å². The molecule has 4 nitrogen and oxygen atoms in total. The van der Waals surface area contributed by atoms with E-state index in [1.165, 1.54) is 0 Å². The number of rotatable bonds is 9. The molecular weight excluding hydrogens is 312 g/mol. The van der Waals surface area contributed by atoms with Gasteiger partial charge in [0.1, 0.15) is 0 Å². The van der Waals surface area contributed by atoms with Crippen LogP contribution in [-0.2, 0) is 13.1 Å². The van der Waals surface area contributed by atoms with Crippen molar-refractivity contribution in [2.45, 2.75) is 33.4 Å². The van der Waals surface area contributed by atoms with Crippen molar-refractivity contribution in [2.75, 3.05) is 13.7 Å². The predicted octanol–water partition coefficient (Wildman–Crippen LogP) is 4.28. The van der Waals surface area contributed by atoms with Gasteiger partial charge in [-0.2, -0.15) is 5.26 Å². The molecule has 0 heterocycles. The Morgan fingerprint density at radius 1 is 1.04 bits per heavy atom. The Bertz CT molecular complexity index is 720. The number of benzene rings is 2. The lowest BCUT2D eigenvalue weighted by molar-refractivity contribution is 0.273. The van der Waals surface area contributed by atoms with Gasteiger partial charge < -0.3 is 14.8 Å². The molecule has 0 amide bonds. The maximum atomic E-state index is 8.94. The summed E-state index contributed by atoms with van der Waals surface area (Å²) in [5.74, 6) is 2.16. The first-order valence-corrected chi connectivity index (χ1v) is 8.62. The lowest BCUT2D eigenvalue weighted by atomic mass is 10.1. The third-order valence-corrected chi connectivity index (χ3v) is 3.90. The van der Waals surface area contributed by atoms with Crippen LogP contribution in [0.3, 0.4) is 0 Å². The zero-order valence-corrected chi connectivity index (χ0v) is 15.2. The lowest BCUT2D eigenvalue weighted by Gasteiger charge is -2.13. The van der Waals surface area contributed by atoms with Crippen LogP contribution in [0, 0.1) is 17.2 Å². The Balaban J connectivity index is 1.90. The number of hydrogen-bond donors (Lipinski definition) is 1. The molecule has 132 valence electrons. The molecule has 4 heteroatoms. The molecule has 0 unspecified atom stereocenters. The van der Waals surface area contributed by atoms with Gasteiger partial charge in [-0.1, -0.05) is 32.0 Å². The molecule has 2 aromatic carbocycles. The van der Waals surface area contributed by atoms with Crippen LogP contribution in [0.2, 0.25) is 0 Å². The van der Waals surface area contributed by atoms with Crippen molar-refractivity contribution in [1.29, 1.82) is 5.26 Å². The molecule has 0 fully saturated rings. The summed E-state index contributed by atoms with van der Waals surface area (Å²) in [6.07, 6.45) is 1.02. The van der Waals surface area contributed by atoms with E-state index in [2.05, 4.69) is 25.2 Å². The summed E-state index contributed by atoms with van der Waals surface area (Å²) in [4.78, 5) is 0. The molecule has 0 aliphatic heterocycles. The van der Waals surface area contributed by atoms with Crippen molar-refractivity contribution in [1.82, 2.24) is 5.32 Å². The van der Waals surface area contributed by atoms with Crippen molar-refractivity contribution in [3.8, 4) is 17.6 Å². The summed E-state index contributed by atoms with van der Waals surface area (Å²) >= 11 is 0. The average Bonchev–Trinajstić information content (AvgIpc) is 2.62. The van der Waals surface area contributed by atoms with Crippen molar-refractivity contribution >= 4 is 0 Å². The SMILES string of the molecule is COc1cc(CNCc2cccc(C#N)c2)ccc1OCCC(C)C. The Labute approximate surface area is 150 Å². The lowest BCUT2D eigenvalue weighted by Crippen LogP contribution is -2.13. The molecule has 0 aromatic heterocycles. The van der Waals surface area contributed by atoms with Gasteiger partial charge in [0.25, 0.3) is 0 Å². The van der Waals surface area contributed by atoms with Crippen molar-refractivity contribution in [3.63, 3.8) is 0 Å². The van der Waals surface area contributed by atoms with Gasteiger partial charge in [0.2, 0.25) is 0 Å². The zero-order chi connectivity index (χ0) is 18.1. The van der Waals surface area contributed by atoms with E-state index in [4.69, 9.17) is 14.7 Å². The highest BCUT2D eigenvalue weighted by atomic mass is 16.5. The van der Waals surface area contributed by atoms with Gasteiger partial charge in [0.15, 0.2) is 11.5 Å². The molecule has 2 aromatic rings. The molecule has 2 rings (SSSR count). The van der Waals surface area contributed by atoms with Crippen LogP contribution in [0.4, 0.5) is 0 Å². The molecule has 0 saturated carbocycles. The van der Waals surface area contributed by atoms with E-state index in [-0.39, 0.29) is 0 Å². The highest BCUT2D eigenvalue weighted by Crippen LogP contribution is 2.28. The van der Waals surface area contributed by atoms with Gasteiger partial charge >= 0.3 is 0 Å². The monoisotopic (exact) mass is 338 g/mol. The van der Waals surface area contributed by atoms with E-state index >= 15 is 0 Å². The van der Waals surface area contributed by atoms with Crippen molar-refractivity contribution in [3.05, 3.63) is 59.2 Å². The molecule has 25 heavy (non-hydrogen) atoms. The summed E-state index contributed by atoms with van der Waals surface area (Å²) in [5.41, 5.74) is 2.91. The summed E-state index contributed by atoms with van der Waals surface area (Å²) in [6, 6.07) is 15.8. The standard InChI is InChI=1S/C21H26N2O2/c1-16(2)9-10-25-20-8-7-19(12-21(20)24-3)15-23-14-18-6-4-5-17(11-18)13-22/h4-8,11-12,16,23H,9-10,14-15H2,1-3H3. The summed E-state index contributed by atoms with van der Waals surface area (Å²) < 4.78 is 11.3. The Morgan fingerprint density at radius 2 is 1.80 bits per heavy atom. The van der Waals surface area contributed by atoms with Crippen molar-refractivity contribution < 1.29 is 9.47 Å². The Morgan fingerprint density at radius 3 is 2.48 bits per heavy atom. The second kappa shape index (κ2) is 9.71. The molecule has 0 spiro atoms. The van der Waals surface area contributed by atoms with Gasteiger partial charge in [-0.3, -0.25) is 0 Å². The van der Waals surface area contributed by atoms with E-state index < -0.39 is 0 Å². The van der Waals surface area contributed by atoms with Crippen LogP contribution in [0.15, 0.2) is 42.5 Å². The third kappa shape index (κ3) is 6.13. The maximum absolute atomic E-state index is 8.94. The molecule has 0 aliphatic rings. The Hall–Kier alpha value is -2.51. The fourth-order valence-electron chi connectivity index (χ4n) is 2.45. The van der Waals surface area contributed by atoms with E-state index in [1.54, 1.807) is 7.11 Å². The molecule has 0 aliphatic carbocycles. The van der Waals surface area contributed by atoms with Gasteiger partial charge in [0, 0.05) is 13.1 Å². The molecule has 0 radical (unpaired) electrons. The average molecular weight is 338 g/mol. The van der Waals surface area contributed by atoms with Gasteiger partial charge in [-0.05, 0) is 47.7 Å². The Kier molecular flexibility index (Phi) is 7.31. The number of hydrogen-bond acceptors (Lipinski definition) is 4. The van der Waals surface area contributed by atoms with Crippen LogP contribution >= 0.6 is 0 Å². The van der Waals surface area contributed by atoms with Crippen LogP contribution in [0.25, 0.3) is 0 Å². The quantitative estimate of drug-likeness (QED) is 0.741. The van der Waals surface area contributed by atoms with Crippen LogP contribution < -0.4 is 14.8 Å². The van der Waals surface area contributed by atoms with Crippen LogP contribution in [-0.4, -0.2) is 13.7 Å². The van der Waals surface area contributed by atoms with Crippen LogP contribution in [0.1, 0.15) is 37.0 Å². The number of nitrogens with one attached hydrogen (secondary N) is 1. The molecular formula is C21H26N2O2. The summed E-state index contributed by atoms with van der Waals surface area (Å²) in [7, 11) is 1.66. The first kappa shape index (κ1) is 18.8. The molecule has 0 atom stereocenters. The topological polar surface area (TPSA) is 54.3 Å². The first-order valence-electron chi connectivity index (χ1n) is 8.62. The predicted molar refractivity (Wildman–Crippen MR) is 99.6 cm³/mol. The van der Waals surface area contributed by atoms with E-state index in [0.717, 1.165) is 35.6 Å². The zero-order valence-electron chi connectivity index (χ0n) is 15.2. The van der Waals surface area contributed by atoms with E-state index in [0.29, 0.717) is 24.6 Å². The van der Waals surface area contributed by atoms with E-state index in [1.807, 2.05) is 42.5 Å². The maximum Gasteiger partial charge on any atom is 0.161 e. The van der Waals surface area contributed by atoms with Gasteiger partial charge in [-0.15, -0.1) is 0 Å². The molecule has 0 saturated heterocycles. The number of nitriles is 1. The van der Waals surface area contributed by atoms with Crippen LogP contribution in [0.5, 0.6) is 11.5 Å². The summed E-state index contributed by atoms with van der Waals surface area (Å²) in [5, 5.41) is 12.3. The normalized spacial score (nSPS) is 10.5. The molecule has 0 bridgehead atoms. The number of nitrogens with zero attached hydrogens (tertiary/aromatic N) is 1. The number of ether oxygens (including phenoxy) is 2. The second-order valence-corrected chi connectivity index (χ2v) is 6.43. The minimum Gasteiger partial charge on any atom is -0.493 e. The molecule has 1 N–H and O–H groups in total. The highest BCUT2D eigenvalue weighted by Gasteiger charge is 2.06. The summed E-state index contributed by atoms with van der Waals surface area (Å²) in [6.45, 7) is 6.49. The fraction of sp³-hybridized carbons (Fsp3) is 0.381. The smallest absolute Gasteiger partial charge is 0.161 e. The van der Waals surface area contributed by atoms with Gasteiger partial charge in [-0.25, -0.2) is 0 Å².